The molecule has 0 aliphatic rings. The summed E-state index contributed by atoms with van der Waals surface area (Å²) in [4.78, 5) is 0. The van der Waals surface area contributed by atoms with Crippen molar-refractivity contribution in [2.24, 2.45) is 11.8 Å². The van der Waals surface area contributed by atoms with E-state index in [0.29, 0.717) is 17.4 Å². The van der Waals surface area contributed by atoms with Crippen LogP contribution in [0, 0.1) is 11.8 Å². The molecule has 3 heteroatoms. The zero-order valence-corrected chi connectivity index (χ0v) is 11.7. The highest BCUT2D eigenvalue weighted by atomic mass is 28.3. The first kappa shape index (κ1) is 14.1. The lowest BCUT2D eigenvalue weighted by molar-refractivity contribution is 0.158. The van der Waals surface area contributed by atoms with Crippen LogP contribution in [0.4, 0.5) is 0 Å². The average molecular weight is 218 g/mol. The molecule has 0 amide bonds. The summed E-state index contributed by atoms with van der Waals surface area (Å²) in [6.07, 6.45) is 0. The van der Waals surface area contributed by atoms with Crippen LogP contribution in [0.15, 0.2) is 0 Å². The van der Waals surface area contributed by atoms with E-state index in [1.54, 1.807) is 0 Å². The Bertz CT molecular complexity index is 123. The molecule has 86 valence electrons. The van der Waals surface area contributed by atoms with Gasteiger partial charge in [-0.25, -0.2) is 0 Å². The summed E-state index contributed by atoms with van der Waals surface area (Å²) < 4.78 is 11.7. The predicted octanol–water partition coefficient (Wildman–Crippen LogP) is 2.96. The van der Waals surface area contributed by atoms with Crippen LogP contribution in [-0.2, 0) is 8.85 Å². The molecule has 0 unspecified atom stereocenters. The number of hydrogen-bond donors (Lipinski definition) is 0. The van der Waals surface area contributed by atoms with Crippen LogP contribution in [0.25, 0.3) is 0 Å². The van der Waals surface area contributed by atoms with Crippen molar-refractivity contribution < 1.29 is 8.85 Å². The molecule has 0 radical (unpaired) electrons. The van der Waals surface area contributed by atoms with Gasteiger partial charge < -0.3 is 8.85 Å². The minimum Gasteiger partial charge on any atom is -0.396 e. The lowest BCUT2D eigenvalue weighted by Crippen LogP contribution is -2.29. The van der Waals surface area contributed by atoms with Gasteiger partial charge in [0.05, 0.1) is 0 Å². The first-order valence-corrected chi connectivity index (χ1v) is 7.27. The van der Waals surface area contributed by atoms with Crippen molar-refractivity contribution in [2.75, 3.05) is 13.2 Å². The highest BCUT2D eigenvalue weighted by Gasteiger charge is 2.19. The smallest absolute Gasteiger partial charge is 0.324 e. The van der Waals surface area contributed by atoms with E-state index < -0.39 is 9.28 Å². The Hall–Kier alpha value is 0.137. The molecule has 0 bridgehead atoms. The lowest BCUT2D eigenvalue weighted by Gasteiger charge is -2.21. The molecule has 0 aromatic carbocycles. The van der Waals surface area contributed by atoms with Gasteiger partial charge in [0.1, 0.15) is 0 Å². The van der Waals surface area contributed by atoms with Gasteiger partial charge in [0, 0.05) is 13.2 Å². The summed E-state index contributed by atoms with van der Waals surface area (Å²) in [7, 11) is -1.42. The van der Waals surface area contributed by atoms with Crippen molar-refractivity contribution in [2.45, 2.75) is 47.1 Å². The fraction of sp³-hybridized carbons (Fsp3) is 1.00. The Morgan fingerprint density at radius 1 is 0.786 bits per heavy atom. The fourth-order valence-electron chi connectivity index (χ4n) is 1.01. The summed E-state index contributed by atoms with van der Waals surface area (Å²) in [6.45, 7) is 14.8. The average Bonchev–Trinajstić information content (AvgIpc) is 2.02. The molecular weight excluding hydrogens is 192 g/mol. The Balaban J connectivity index is 3.78. The molecule has 0 N–H and O–H groups in total. The summed E-state index contributed by atoms with van der Waals surface area (Å²) >= 11 is 0. The summed E-state index contributed by atoms with van der Waals surface area (Å²) in [5, 5.41) is 0. The Morgan fingerprint density at radius 2 is 1.14 bits per heavy atom. The monoisotopic (exact) mass is 218 g/mol. The van der Waals surface area contributed by atoms with E-state index in [0.717, 1.165) is 13.2 Å². The first-order valence-electron chi connectivity index (χ1n) is 5.66. The molecule has 0 saturated heterocycles. The molecule has 14 heavy (non-hydrogen) atoms. The van der Waals surface area contributed by atoms with Crippen molar-refractivity contribution in [1.29, 1.82) is 0 Å². The minimum absolute atomic E-state index is 0.562. The van der Waals surface area contributed by atoms with E-state index >= 15 is 0 Å². The molecule has 0 spiro atoms. The van der Waals surface area contributed by atoms with Gasteiger partial charge >= 0.3 is 9.28 Å². The summed E-state index contributed by atoms with van der Waals surface area (Å²) in [5.41, 5.74) is 0.562. The fourth-order valence-corrected chi connectivity index (χ4v) is 3.02. The summed E-state index contributed by atoms with van der Waals surface area (Å²) in [5.74, 6) is 1.21. The van der Waals surface area contributed by atoms with Gasteiger partial charge in [-0.15, -0.1) is 0 Å². The molecule has 0 rings (SSSR count). The second-order valence-electron chi connectivity index (χ2n) is 5.07. The largest absolute Gasteiger partial charge is 0.396 e. The number of rotatable bonds is 7. The predicted molar refractivity (Wildman–Crippen MR) is 63.8 cm³/mol. The maximum absolute atomic E-state index is 5.83. The molecule has 0 aromatic heterocycles. The molecule has 0 fully saturated rings. The highest BCUT2D eigenvalue weighted by Crippen LogP contribution is 2.12. The topological polar surface area (TPSA) is 18.5 Å². The van der Waals surface area contributed by atoms with Crippen LogP contribution in [0.2, 0.25) is 5.54 Å². The van der Waals surface area contributed by atoms with Crippen molar-refractivity contribution in [3.63, 3.8) is 0 Å². The number of hydrogen-bond acceptors (Lipinski definition) is 2. The SMILES string of the molecule is CC(C)CO[SiH](OCC(C)C)C(C)C. The lowest BCUT2D eigenvalue weighted by atomic mass is 10.2. The molecule has 0 saturated carbocycles. The third-order valence-electron chi connectivity index (χ3n) is 1.73. The Labute approximate surface area is 90.8 Å². The quantitative estimate of drug-likeness (QED) is 0.612. The minimum atomic E-state index is -1.42. The Morgan fingerprint density at radius 3 is 1.36 bits per heavy atom. The van der Waals surface area contributed by atoms with Gasteiger partial charge in [-0.2, -0.15) is 0 Å². The van der Waals surface area contributed by atoms with Crippen LogP contribution in [0.3, 0.4) is 0 Å². The van der Waals surface area contributed by atoms with Gasteiger partial charge in [0.15, 0.2) is 0 Å². The van der Waals surface area contributed by atoms with E-state index in [-0.39, 0.29) is 0 Å². The van der Waals surface area contributed by atoms with Crippen molar-refractivity contribution in [3.05, 3.63) is 0 Å². The van der Waals surface area contributed by atoms with Crippen LogP contribution < -0.4 is 0 Å². The maximum atomic E-state index is 5.83. The van der Waals surface area contributed by atoms with Gasteiger partial charge in [0.2, 0.25) is 0 Å². The normalized spacial score (nSPS) is 12.4. The van der Waals surface area contributed by atoms with Crippen molar-refractivity contribution >= 4 is 9.28 Å². The highest BCUT2D eigenvalue weighted by molar-refractivity contribution is 6.46. The van der Waals surface area contributed by atoms with E-state index in [1.807, 2.05) is 0 Å². The first-order chi connectivity index (χ1) is 6.43. The van der Waals surface area contributed by atoms with Crippen LogP contribution in [0.5, 0.6) is 0 Å². The molecular formula is C11H26O2Si. The second-order valence-corrected chi connectivity index (χ2v) is 7.80. The second kappa shape index (κ2) is 7.43. The van der Waals surface area contributed by atoms with Crippen molar-refractivity contribution in [3.8, 4) is 0 Å². The molecule has 0 atom stereocenters. The van der Waals surface area contributed by atoms with Crippen LogP contribution >= 0.6 is 0 Å². The zero-order chi connectivity index (χ0) is 11.1. The Kier molecular flexibility index (Phi) is 7.50. The van der Waals surface area contributed by atoms with Gasteiger partial charge in [-0.1, -0.05) is 41.5 Å². The van der Waals surface area contributed by atoms with E-state index in [1.165, 1.54) is 0 Å². The third kappa shape index (κ3) is 7.53. The molecule has 0 heterocycles. The van der Waals surface area contributed by atoms with Gasteiger partial charge in [0.25, 0.3) is 0 Å². The molecule has 0 aliphatic heterocycles. The maximum Gasteiger partial charge on any atom is 0.324 e. The molecule has 0 aromatic rings. The zero-order valence-electron chi connectivity index (χ0n) is 10.5. The molecule has 0 aliphatic carbocycles. The third-order valence-corrected chi connectivity index (χ3v) is 3.86. The standard InChI is InChI=1S/C11H26O2Si/c1-9(2)7-12-14(11(5)6)13-8-10(3)4/h9-11,14H,7-8H2,1-6H3. The van der Waals surface area contributed by atoms with Gasteiger partial charge in [-0.05, 0) is 17.4 Å². The van der Waals surface area contributed by atoms with E-state index in [9.17, 15) is 0 Å². The van der Waals surface area contributed by atoms with Crippen molar-refractivity contribution in [1.82, 2.24) is 0 Å². The van der Waals surface area contributed by atoms with Gasteiger partial charge in [-0.3, -0.25) is 0 Å². The van der Waals surface area contributed by atoms with Crippen LogP contribution in [-0.4, -0.2) is 22.5 Å². The van der Waals surface area contributed by atoms with E-state index in [4.69, 9.17) is 8.85 Å². The molecule has 2 nitrogen and oxygen atoms in total. The van der Waals surface area contributed by atoms with E-state index in [2.05, 4.69) is 41.5 Å². The summed E-state index contributed by atoms with van der Waals surface area (Å²) in [6, 6.07) is 0. The van der Waals surface area contributed by atoms with Crippen LogP contribution in [0.1, 0.15) is 41.5 Å².